The van der Waals surface area contributed by atoms with Gasteiger partial charge in [0.05, 0.1) is 0 Å². The zero-order chi connectivity index (χ0) is 14.3. The van der Waals surface area contributed by atoms with Gasteiger partial charge >= 0.3 is 0 Å². The summed E-state index contributed by atoms with van der Waals surface area (Å²) in [6.07, 6.45) is 0. The number of hydrogen-bond donors (Lipinski definition) is 2. The zero-order valence-electron chi connectivity index (χ0n) is 12.1. The third kappa shape index (κ3) is 2.17. The SMILES string of the molecule is CCN1CCN(c2ccc3c(c2)NC(=O)C3N)CC1C. The van der Waals surface area contributed by atoms with Crippen LogP contribution in [0.5, 0.6) is 0 Å². The van der Waals surface area contributed by atoms with Crippen molar-refractivity contribution >= 4 is 17.3 Å². The van der Waals surface area contributed by atoms with Gasteiger partial charge in [0.25, 0.3) is 0 Å². The van der Waals surface area contributed by atoms with Crippen molar-refractivity contribution in [2.75, 3.05) is 36.4 Å². The molecule has 20 heavy (non-hydrogen) atoms. The molecule has 1 aromatic rings. The second-order valence-electron chi connectivity index (χ2n) is 5.66. The Morgan fingerprint density at radius 2 is 2.20 bits per heavy atom. The molecule has 2 aliphatic rings. The van der Waals surface area contributed by atoms with Gasteiger partial charge in [0.1, 0.15) is 6.04 Å². The van der Waals surface area contributed by atoms with Crippen LogP contribution in [0.1, 0.15) is 25.5 Å². The van der Waals surface area contributed by atoms with E-state index in [1.807, 2.05) is 6.07 Å². The van der Waals surface area contributed by atoms with E-state index < -0.39 is 6.04 Å². The summed E-state index contributed by atoms with van der Waals surface area (Å²) in [5, 5.41) is 2.86. The number of amides is 1. The minimum absolute atomic E-state index is 0.110. The molecule has 1 saturated heterocycles. The topological polar surface area (TPSA) is 61.6 Å². The molecule has 108 valence electrons. The van der Waals surface area contributed by atoms with Crippen molar-refractivity contribution in [2.24, 2.45) is 5.73 Å². The largest absolute Gasteiger partial charge is 0.369 e. The summed E-state index contributed by atoms with van der Waals surface area (Å²) in [7, 11) is 0. The first kappa shape index (κ1) is 13.4. The molecule has 3 rings (SSSR count). The number of rotatable bonds is 2. The Labute approximate surface area is 119 Å². The molecule has 0 spiro atoms. The van der Waals surface area contributed by atoms with E-state index in [0.29, 0.717) is 6.04 Å². The first-order chi connectivity index (χ1) is 9.60. The normalized spacial score (nSPS) is 26.6. The highest BCUT2D eigenvalue weighted by molar-refractivity contribution is 6.02. The Morgan fingerprint density at radius 3 is 2.90 bits per heavy atom. The van der Waals surface area contributed by atoms with Gasteiger partial charge in [0.2, 0.25) is 5.91 Å². The number of carbonyl (C=O) groups excluding carboxylic acids is 1. The number of benzene rings is 1. The predicted octanol–water partition coefficient (Wildman–Crippen LogP) is 1.17. The van der Waals surface area contributed by atoms with Crippen LogP contribution in [0.4, 0.5) is 11.4 Å². The molecule has 0 radical (unpaired) electrons. The molecule has 0 saturated carbocycles. The summed E-state index contributed by atoms with van der Waals surface area (Å²) >= 11 is 0. The fourth-order valence-electron chi connectivity index (χ4n) is 3.17. The lowest BCUT2D eigenvalue weighted by atomic mass is 10.1. The van der Waals surface area contributed by atoms with Crippen molar-refractivity contribution in [1.82, 2.24) is 4.90 Å². The van der Waals surface area contributed by atoms with Crippen LogP contribution in [-0.4, -0.2) is 43.0 Å². The lowest BCUT2D eigenvalue weighted by Gasteiger charge is -2.40. The molecular weight excluding hydrogens is 252 g/mol. The lowest BCUT2D eigenvalue weighted by Crippen LogP contribution is -2.51. The summed E-state index contributed by atoms with van der Waals surface area (Å²) in [4.78, 5) is 16.5. The zero-order valence-corrected chi connectivity index (χ0v) is 12.1. The fourth-order valence-corrected chi connectivity index (χ4v) is 3.17. The molecule has 1 fully saturated rings. The number of nitrogens with zero attached hydrogens (tertiary/aromatic N) is 2. The number of nitrogens with one attached hydrogen (secondary N) is 1. The second kappa shape index (κ2) is 5.07. The summed E-state index contributed by atoms with van der Waals surface area (Å²) in [6, 6.07) is 6.14. The predicted molar refractivity (Wildman–Crippen MR) is 80.9 cm³/mol. The quantitative estimate of drug-likeness (QED) is 0.850. The van der Waals surface area contributed by atoms with Crippen LogP contribution < -0.4 is 16.0 Å². The number of nitrogens with two attached hydrogens (primary N) is 1. The van der Waals surface area contributed by atoms with E-state index >= 15 is 0 Å². The molecule has 0 bridgehead atoms. The molecule has 0 aliphatic carbocycles. The summed E-state index contributed by atoms with van der Waals surface area (Å²) in [5.74, 6) is -0.110. The fraction of sp³-hybridized carbons (Fsp3) is 0.533. The second-order valence-corrected chi connectivity index (χ2v) is 5.66. The number of carbonyl (C=O) groups is 1. The molecule has 3 N–H and O–H groups in total. The highest BCUT2D eigenvalue weighted by Gasteiger charge is 2.28. The van der Waals surface area contributed by atoms with Crippen molar-refractivity contribution < 1.29 is 4.79 Å². The third-order valence-corrected chi connectivity index (χ3v) is 4.45. The van der Waals surface area contributed by atoms with Crippen molar-refractivity contribution in [3.63, 3.8) is 0 Å². The molecule has 1 aromatic carbocycles. The maximum atomic E-state index is 11.6. The lowest BCUT2D eigenvalue weighted by molar-refractivity contribution is -0.116. The minimum Gasteiger partial charge on any atom is -0.369 e. The Kier molecular flexibility index (Phi) is 3.40. The van der Waals surface area contributed by atoms with Crippen molar-refractivity contribution in [3.05, 3.63) is 23.8 Å². The van der Waals surface area contributed by atoms with Crippen LogP contribution in [0, 0.1) is 0 Å². The van der Waals surface area contributed by atoms with Crippen LogP contribution in [0.15, 0.2) is 18.2 Å². The summed E-state index contributed by atoms with van der Waals surface area (Å²) in [6.45, 7) is 8.70. The van der Waals surface area contributed by atoms with Crippen LogP contribution in [0.3, 0.4) is 0 Å². The van der Waals surface area contributed by atoms with E-state index in [2.05, 4.69) is 41.1 Å². The highest BCUT2D eigenvalue weighted by atomic mass is 16.2. The Balaban J connectivity index is 1.80. The first-order valence-electron chi connectivity index (χ1n) is 7.29. The third-order valence-electron chi connectivity index (χ3n) is 4.45. The van der Waals surface area contributed by atoms with Gasteiger partial charge in [0.15, 0.2) is 0 Å². The van der Waals surface area contributed by atoms with Gasteiger partial charge in [-0.1, -0.05) is 13.0 Å². The van der Waals surface area contributed by atoms with Crippen molar-refractivity contribution in [3.8, 4) is 0 Å². The van der Waals surface area contributed by atoms with Gasteiger partial charge in [-0.05, 0) is 25.6 Å². The molecule has 0 aromatic heterocycles. The molecule has 5 nitrogen and oxygen atoms in total. The highest BCUT2D eigenvalue weighted by Crippen LogP contribution is 2.33. The van der Waals surface area contributed by atoms with Crippen LogP contribution in [-0.2, 0) is 4.79 Å². The smallest absolute Gasteiger partial charge is 0.245 e. The van der Waals surface area contributed by atoms with Crippen LogP contribution >= 0.6 is 0 Å². The van der Waals surface area contributed by atoms with Gasteiger partial charge in [-0.2, -0.15) is 0 Å². The van der Waals surface area contributed by atoms with Gasteiger partial charge in [-0.25, -0.2) is 0 Å². The molecular formula is C15H22N4O. The number of likely N-dealkylation sites (N-methyl/N-ethyl adjacent to an activating group) is 1. The van der Waals surface area contributed by atoms with E-state index in [-0.39, 0.29) is 5.91 Å². The molecule has 1 amide bonds. The van der Waals surface area contributed by atoms with Gasteiger partial charge in [-0.15, -0.1) is 0 Å². The Bertz CT molecular complexity index is 531. The van der Waals surface area contributed by atoms with Crippen LogP contribution in [0.2, 0.25) is 0 Å². The van der Waals surface area contributed by atoms with E-state index in [0.717, 1.165) is 37.4 Å². The number of hydrogen-bond acceptors (Lipinski definition) is 4. The summed E-state index contributed by atoms with van der Waals surface area (Å²) < 4.78 is 0. The average molecular weight is 274 g/mol. The van der Waals surface area contributed by atoms with E-state index in [1.54, 1.807) is 0 Å². The van der Waals surface area contributed by atoms with Gasteiger partial charge in [0, 0.05) is 42.6 Å². The van der Waals surface area contributed by atoms with E-state index in [1.165, 1.54) is 5.69 Å². The Morgan fingerprint density at radius 1 is 1.40 bits per heavy atom. The average Bonchev–Trinajstić information content (AvgIpc) is 2.73. The van der Waals surface area contributed by atoms with Crippen molar-refractivity contribution in [1.29, 1.82) is 0 Å². The van der Waals surface area contributed by atoms with Crippen LogP contribution in [0.25, 0.3) is 0 Å². The van der Waals surface area contributed by atoms with Crippen molar-refractivity contribution in [2.45, 2.75) is 25.9 Å². The number of fused-ring (bicyclic) bond motifs is 1. The van der Waals surface area contributed by atoms with E-state index in [4.69, 9.17) is 5.73 Å². The van der Waals surface area contributed by atoms with Gasteiger partial charge in [-0.3, -0.25) is 9.69 Å². The molecule has 2 unspecified atom stereocenters. The monoisotopic (exact) mass is 274 g/mol. The maximum absolute atomic E-state index is 11.6. The standard InChI is InChI=1S/C15H22N4O/c1-3-18-6-7-19(9-10(18)2)11-4-5-12-13(8-11)17-15(20)14(12)16/h4-5,8,10,14H,3,6-7,9,16H2,1-2H3,(H,17,20). The van der Waals surface area contributed by atoms with E-state index in [9.17, 15) is 4.79 Å². The minimum atomic E-state index is -0.519. The first-order valence-corrected chi connectivity index (χ1v) is 7.29. The van der Waals surface area contributed by atoms with Gasteiger partial charge < -0.3 is 16.0 Å². The Hall–Kier alpha value is -1.59. The summed E-state index contributed by atoms with van der Waals surface area (Å²) in [5.41, 5.74) is 8.78. The molecule has 2 aliphatic heterocycles. The molecule has 2 heterocycles. The number of anilines is 2. The number of piperazine rings is 1. The molecule has 2 atom stereocenters. The maximum Gasteiger partial charge on any atom is 0.245 e. The molecule has 5 heteroatoms.